The molecular formula is C12H16Cl2N2. The normalized spacial score (nSPS) is 27.0. The van der Waals surface area contributed by atoms with Crippen molar-refractivity contribution in [1.82, 2.24) is 4.90 Å². The Balaban J connectivity index is 2.33. The molecule has 4 heteroatoms. The summed E-state index contributed by atoms with van der Waals surface area (Å²) in [7, 11) is 2.10. The highest BCUT2D eigenvalue weighted by Gasteiger charge is 2.28. The van der Waals surface area contributed by atoms with Gasteiger partial charge in [0.05, 0.1) is 0 Å². The number of halogens is 2. The van der Waals surface area contributed by atoms with E-state index >= 15 is 0 Å². The van der Waals surface area contributed by atoms with E-state index < -0.39 is 0 Å². The van der Waals surface area contributed by atoms with Crippen LogP contribution in [0.3, 0.4) is 0 Å². The summed E-state index contributed by atoms with van der Waals surface area (Å²) in [6.45, 7) is 1.07. The van der Waals surface area contributed by atoms with Gasteiger partial charge in [0.25, 0.3) is 0 Å². The summed E-state index contributed by atoms with van der Waals surface area (Å²) in [6.07, 6.45) is 2.21. The lowest BCUT2D eigenvalue weighted by Crippen LogP contribution is -2.43. The Bertz CT molecular complexity index is 351. The highest BCUT2D eigenvalue weighted by atomic mass is 35.5. The van der Waals surface area contributed by atoms with Crippen molar-refractivity contribution < 1.29 is 0 Å². The topological polar surface area (TPSA) is 29.3 Å². The van der Waals surface area contributed by atoms with Gasteiger partial charge in [0.1, 0.15) is 0 Å². The van der Waals surface area contributed by atoms with Crippen LogP contribution in [0.15, 0.2) is 18.2 Å². The predicted octanol–water partition coefficient (Wildman–Crippen LogP) is 3.09. The first kappa shape index (κ1) is 12.2. The molecule has 0 saturated carbocycles. The van der Waals surface area contributed by atoms with Gasteiger partial charge in [0, 0.05) is 22.1 Å². The largest absolute Gasteiger partial charge is 0.326 e. The molecule has 2 N–H and O–H groups in total. The number of benzene rings is 1. The zero-order valence-corrected chi connectivity index (χ0v) is 10.8. The van der Waals surface area contributed by atoms with Gasteiger partial charge < -0.3 is 5.73 Å². The Kier molecular flexibility index (Phi) is 3.75. The molecule has 1 saturated heterocycles. The van der Waals surface area contributed by atoms with Gasteiger partial charge in [-0.25, -0.2) is 0 Å². The van der Waals surface area contributed by atoms with Gasteiger partial charge in [-0.2, -0.15) is 0 Å². The molecule has 1 aromatic rings. The van der Waals surface area contributed by atoms with E-state index in [4.69, 9.17) is 28.9 Å². The minimum absolute atomic E-state index is 0.160. The van der Waals surface area contributed by atoms with Crippen molar-refractivity contribution in [2.75, 3.05) is 13.6 Å². The van der Waals surface area contributed by atoms with Gasteiger partial charge in [0.15, 0.2) is 0 Å². The van der Waals surface area contributed by atoms with Crippen molar-refractivity contribution in [3.05, 3.63) is 33.8 Å². The average molecular weight is 259 g/mol. The van der Waals surface area contributed by atoms with Gasteiger partial charge >= 0.3 is 0 Å². The van der Waals surface area contributed by atoms with Crippen molar-refractivity contribution in [2.24, 2.45) is 5.73 Å². The lowest BCUT2D eigenvalue weighted by atomic mass is 9.91. The summed E-state index contributed by atoms with van der Waals surface area (Å²) in [6, 6.07) is 6.05. The van der Waals surface area contributed by atoms with Crippen molar-refractivity contribution in [2.45, 2.75) is 24.9 Å². The van der Waals surface area contributed by atoms with Crippen LogP contribution in [-0.4, -0.2) is 24.5 Å². The second-order valence-corrected chi connectivity index (χ2v) is 5.31. The molecule has 2 atom stereocenters. The Morgan fingerprint density at radius 1 is 1.25 bits per heavy atom. The van der Waals surface area contributed by atoms with Gasteiger partial charge in [-0.3, -0.25) is 4.90 Å². The van der Waals surface area contributed by atoms with Gasteiger partial charge in [-0.1, -0.05) is 23.2 Å². The third-order valence-corrected chi connectivity index (χ3v) is 3.59. The van der Waals surface area contributed by atoms with E-state index in [9.17, 15) is 0 Å². The van der Waals surface area contributed by atoms with Crippen LogP contribution in [0.4, 0.5) is 0 Å². The summed E-state index contributed by atoms with van der Waals surface area (Å²) in [5, 5.41) is 1.35. The van der Waals surface area contributed by atoms with E-state index in [0.29, 0.717) is 10.0 Å². The lowest BCUT2D eigenvalue weighted by molar-refractivity contribution is 0.163. The van der Waals surface area contributed by atoms with Crippen LogP contribution in [0.2, 0.25) is 10.0 Å². The highest BCUT2D eigenvalue weighted by molar-refractivity contribution is 6.34. The summed E-state index contributed by atoms with van der Waals surface area (Å²) in [5.41, 5.74) is 7.29. The van der Waals surface area contributed by atoms with Gasteiger partial charge in [0.2, 0.25) is 0 Å². The molecule has 0 aromatic heterocycles. The summed E-state index contributed by atoms with van der Waals surface area (Å²) < 4.78 is 0. The molecule has 1 aliphatic rings. The SMILES string of the molecule is CN1CCCC(N)C1c1cc(Cl)cc(Cl)c1. The van der Waals surface area contributed by atoms with Gasteiger partial charge in [-0.15, -0.1) is 0 Å². The third kappa shape index (κ3) is 2.51. The van der Waals surface area contributed by atoms with E-state index in [1.807, 2.05) is 12.1 Å². The van der Waals surface area contributed by atoms with Crippen LogP contribution in [0.1, 0.15) is 24.4 Å². The van der Waals surface area contributed by atoms with Crippen LogP contribution in [-0.2, 0) is 0 Å². The molecule has 16 heavy (non-hydrogen) atoms. The fourth-order valence-corrected chi connectivity index (χ4v) is 2.99. The fraction of sp³-hybridized carbons (Fsp3) is 0.500. The zero-order chi connectivity index (χ0) is 11.7. The Labute approximate surface area is 106 Å². The van der Waals surface area contributed by atoms with Crippen molar-refractivity contribution in [3.63, 3.8) is 0 Å². The monoisotopic (exact) mass is 258 g/mol. The minimum Gasteiger partial charge on any atom is -0.326 e. The molecule has 0 amide bonds. The minimum atomic E-state index is 0.160. The van der Waals surface area contributed by atoms with Gasteiger partial charge in [-0.05, 0) is 50.2 Å². The number of nitrogens with two attached hydrogens (primary N) is 1. The number of nitrogens with zero attached hydrogens (tertiary/aromatic N) is 1. The lowest BCUT2D eigenvalue weighted by Gasteiger charge is -2.37. The molecule has 88 valence electrons. The van der Waals surface area contributed by atoms with Crippen LogP contribution in [0.5, 0.6) is 0 Å². The van der Waals surface area contributed by atoms with Crippen LogP contribution in [0.25, 0.3) is 0 Å². The Morgan fingerprint density at radius 2 is 1.88 bits per heavy atom. The van der Waals surface area contributed by atoms with E-state index in [1.54, 1.807) is 6.07 Å². The smallest absolute Gasteiger partial charge is 0.0497 e. The molecule has 0 radical (unpaired) electrons. The van der Waals surface area contributed by atoms with Crippen molar-refractivity contribution in [1.29, 1.82) is 0 Å². The number of hydrogen-bond donors (Lipinski definition) is 1. The molecule has 0 bridgehead atoms. The summed E-state index contributed by atoms with van der Waals surface area (Å²) in [4.78, 5) is 2.27. The van der Waals surface area contributed by atoms with Crippen LogP contribution in [0, 0.1) is 0 Å². The Morgan fingerprint density at radius 3 is 2.44 bits per heavy atom. The second kappa shape index (κ2) is 4.92. The molecule has 1 aromatic carbocycles. The van der Waals surface area contributed by atoms with Crippen molar-refractivity contribution >= 4 is 23.2 Å². The van der Waals surface area contributed by atoms with E-state index in [1.165, 1.54) is 0 Å². The Hall–Kier alpha value is -0.280. The van der Waals surface area contributed by atoms with E-state index in [-0.39, 0.29) is 12.1 Å². The maximum atomic E-state index is 6.17. The molecule has 1 aliphatic heterocycles. The first-order valence-electron chi connectivity index (χ1n) is 5.50. The number of likely N-dealkylation sites (N-methyl/N-ethyl adjacent to an activating group) is 1. The molecule has 2 rings (SSSR count). The molecule has 2 nitrogen and oxygen atoms in total. The molecular weight excluding hydrogens is 243 g/mol. The second-order valence-electron chi connectivity index (χ2n) is 4.43. The zero-order valence-electron chi connectivity index (χ0n) is 9.29. The summed E-state index contributed by atoms with van der Waals surface area (Å²) in [5.74, 6) is 0. The third-order valence-electron chi connectivity index (χ3n) is 3.16. The number of rotatable bonds is 1. The maximum absolute atomic E-state index is 6.17. The standard InChI is InChI=1S/C12H16Cl2N2/c1-16-4-2-3-11(15)12(16)8-5-9(13)7-10(14)6-8/h5-7,11-12H,2-4,15H2,1H3. The molecule has 0 aliphatic carbocycles. The highest BCUT2D eigenvalue weighted by Crippen LogP contribution is 2.32. The van der Waals surface area contributed by atoms with Crippen LogP contribution < -0.4 is 5.73 Å². The number of likely N-dealkylation sites (tertiary alicyclic amines) is 1. The summed E-state index contributed by atoms with van der Waals surface area (Å²) >= 11 is 12.0. The number of hydrogen-bond acceptors (Lipinski definition) is 2. The van der Waals surface area contributed by atoms with E-state index in [2.05, 4.69) is 11.9 Å². The molecule has 2 unspecified atom stereocenters. The maximum Gasteiger partial charge on any atom is 0.0497 e. The molecule has 0 spiro atoms. The fourth-order valence-electron chi connectivity index (χ4n) is 2.45. The van der Waals surface area contributed by atoms with Crippen LogP contribution >= 0.6 is 23.2 Å². The first-order chi connectivity index (χ1) is 7.58. The quantitative estimate of drug-likeness (QED) is 0.839. The van der Waals surface area contributed by atoms with E-state index in [0.717, 1.165) is 24.9 Å². The predicted molar refractivity (Wildman–Crippen MR) is 69.0 cm³/mol. The first-order valence-corrected chi connectivity index (χ1v) is 6.25. The number of piperidine rings is 1. The van der Waals surface area contributed by atoms with Crippen molar-refractivity contribution in [3.8, 4) is 0 Å². The average Bonchev–Trinajstić information content (AvgIpc) is 2.15. The molecule has 1 fully saturated rings. The molecule has 1 heterocycles.